The van der Waals surface area contributed by atoms with Crippen molar-refractivity contribution in [2.24, 2.45) is 0 Å². The molecular formula is C22H23N3O3. The number of ether oxygens (including phenoxy) is 2. The average molecular weight is 377 g/mol. The van der Waals surface area contributed by atoms with Crippen LogP contribution in [0, 0.1) is 0 Å². The number of hydrogen-bond acceptors (Lipinski definition) is 5. The first kappa shape index (κ1) is 19.2. The van der Waals surface area contributed by atoms with Gasteiger partial charge in [-0.25, -0.2) is 0 Å². The van der Waals surface area contributed by atoms with Gasteiger partial charge in [0.2, 0.25) is 0 Å². The van der Waals surface area contributed by atoms with Gasteiger partial charge in [-0.2, -0.15) is 0 Å². The molecule has 1 aromatic heterocycles. The molecule has 0 bridgehead atoms. The molecular weight excluding hydrogens is 354 g/mol. The summed E-state index contributed by atoms with van der Waals surface area (Å²) in [4.78, 5) is 16.8. The molecule has 2 N–H and O–H groups in total. The lowest BCUT2D eigenvalue weighted by atomic mass is 10.2. The molecule has 0 radical (unpaired) electrons. The van der Waals surface area contributed by atoms with Crippen LogP contribution in [0.5, 0.6) is 11.5 Å². The highest BCUT2D eigenvalue weighted by Crippen LogP contribution is 2.24. The second kappa shape index (κ2) is 9.41. The number of carbonyl (C=O) groups is 1. The first-order valence-electron chi connectivity index (χ1n) is 9.04. The quantitative estimate of drug-likeness (QED) is 0.610. The molecule has 0 spiro atoms. The number of hydrogen-bond donors (Lipinski definition) is 2. The molecule has 0 saturated carbocycles. The van der Waals surface area contributed by atoms with Crippen LogP contribution in [0.4, 0.5) is 11.4 Å². The van der Waals surface area contributed by atoms with Crippen LogP contribution in [0.2, 0.25) is 0 Å². The molecule has 3 aromatic rings. The van der Waals surface area contributed by atoms with Crippen molar-refractivity contribution in [3.05, 3.63) is 78.1 Å². The van der Waals surface area contributed by atoms with Crippen LogP contribution in [-0.2, 0) is 6.54 Å². The second-order valence-corrected chi connectivity index (χ2v) is 6.05. The fraction of sp³-hybridized carbons (Fsp3) is 0.182. The fourth-order valence-corrected chi connectivity index (χ4v) is 2.65. The Balaban J connectivity index is 1.66. The van der Waals surface area contributed by atoms with Gasteiger partial charge in [0.15, 0.2) is 0 Å². The Bertz CT molecular complexity index is 926. The van der Waals surface area contributed by atoms with Crippen LogP contribution in [0.1, 0.15) is 22.8 Å². The molecule has 6 nitrogen and oxygen atoms in total. The highest BCUT2D eigenvalue weighted by atomic mass is 16.5. The van der Waals surface area contributed by atoms with Gasteiger partial charge < -0.3 is 20.1 Å². The summed E-state index contributed by atoms with van der Waals surface area (Å²) >= 11 is 0. The van der Waals surface area contributed by atoms with E-state index in [1.807, 2.05) is 55.5 Å². The van der Waals surface area contributed by atoms with E-state index in [2.05, 4.69) is 15.6 Å². The van der Waals surface area contributed by atoms with Gasteiger partial charge in [0.25, 0.3) is 5.91 Å². The summed E-state index contributed by atoms with van der Waals surface area (Å²) in [6.07, 6.45) is 3.23. The summed E-state index contributed by atoms with van der Waals surface area (Å²) in [7, 11) is 1.64. The standard InChI is InChI=1S/C22H23N3O3/c1-3-28-21-7-5-4-6-20(21)25-22(26)17-12-18(15-23-14-17)24-13-16-8-10-19(27-2)11-9-16/h4-12,14-15,24H,3,13H2,1-2H3,(H,25,26). The molecule has 6 heteroatoms. The molecule has 0 aliphatic carbocycles. The Kier molecular flexibility index (Phi) is 6.46. The number of aromatic nitrogens is 1. The first-order chi connectivity index (χ1) is 13.7. The van der Waals surface area contributed by atoms with Crippen LogP contribution in [0.3, 0.4) is 0 Å². The van der Waals surface area contributed by atoms with Crippen molar-refractivity contribution in [2.45, 2.75) is 13.5 Å². The minimum atomic E-state index is -0.243. The first-order valence-corrected chi connectivity index (χ1v) is 9.04. The van der Waals surface area contributed by atoms with Crippen LogP contribution < -0.4 is 20.1 Å². The monoisotopic (exact) mass is 377 g/mol. The van der Waals surface area contributed by atoms with Gasteiger partial charge in [-0.15, -0.1) is 0 Å². The summed E-state index contributed by atoms with van der Waals surface area (Å²) in [6, 6.07) is 16.9. The van der Waals surface area contributed by atoms with E-state index in [4.69, 9.17) is 9.47 Å². The fourth-order valence-electron chi connectivity index (χ4n) is 2.65. The molecule has 1 amide bonds. The van der Waals surface area contributed by atoms with Gasteiger partial charge in [-0.1, -0.05) is 24.3 Å². The zero-order valence-corrected chi connectivity index (χ0v) is 15.9. The van der Waals surface area contributed by atoms with Crippen molar-refractivity contribution in [1.82, 2.24) is 4.98 Å². The predicted molar refractivity (Wildman–Crippen MR) is 110 cm³/mol. The average Bonchev–Trinajstić information content (AvgIpc) is 2.74. The Labute approximate surface area is 164 Å². The van der Waals surface area contributed by atoms with E-state index in [1.165, 1.54) is 6.20 Å². The lowest BCUT2D eigenvalue weighted by Crippen LogP contribution is -2.13. The molecule has 0 fully saturated rings. The van der Waals surface area contributed by atoms with E-state index in [0.29, 0.717) is 30.2 Å². The highest BCUT2D eigenvalue weighted by molar-refractivity contribution is 6.05. The van der Waals surface area contributed by atoms with Crippen molar-refractivity contribution in [3.8, 4) is 11.5 Å². The number of pyridine rings is 1. The molecule has 1 heterocycles. The van der Waals surface area contributed by atoms with Crippen LogP contribution in [0.15, 0.2) is 67.0 Å². The maximum atomic E-state index is 12.6. The molecule has 0 atom stereocenters. The molecule has 144 valence electrons. The molecule has 0 unspecified atom stereocenters. The van der Waals surface area contributed by atoms with Crippen LogP contribution in [-0.4, -0.2) is 24.6 Å². The van der Waals surface area contributed by atoms with Gasteiger partial charge >= 0.3 is 0 Å². The molecule has 0 saturated heterocycles. The Morgan fingerprint density at radius 1 is 1.07 bits per heavy atom. The van der Waals surface area contributed by atoms with E-state index < -0.39 is 0 Å². The van der Waals surface area contributed by atoms with Gasteiger partial charge in [-0.3, -0.25) is 9.78 Å². The highest BCUT2D eigenvalue weighted by Gasteiger charge is 2.11. The van der Waals surface area contributed by atoms with Gasteiger partial charge in [-0.05, 0) is 42.8 Å². The third-order valence-electron chi connectivity index (χ3n) is 4.09. The minimum Gasteiger partial charge on any atom is -0.497 e. The lowest BCUT2D eigenvalue weighted by molar-refractivity contribution is 0.102. The van der Waals surface area contributed by atoms with Crippen molar-refractivity contribution in [2.75, 3.05) is 24.4 Å². The maximum Gasteiger partial charge on any atom is 0.257 e. The Morgan fingerprint density at radius 2 is 1.86 bits per heavy atom. The molecule has 0 aliphatic heterocycles. The topological polar surface area (TPSA) is 72.5 Å². The smallest absolute Gasteiger partial charge is 0.257 e. The second-order valence-electron chi connectivity index (χ2n) is 6.05. The molecule has 28 heavy (non-hydrogen) atoms. The van der Waals surface area contributed by atoms with Crippen LogP contribution in [0.25, 0.3) is 0 Å². The van der Waals surface area contributed by atoms with Crippen molar-refractivity contribution >= 4 is 17.3 Å². The molecule has 0 aliphatic rings. The number of carbonyl (C=O) groups excluding carboxylic acids is 1. The number of benzene rings is 2. The molecule has 3 rings (SSSR count). The van der Waals surface area contributed by atoms with E-state index in [9.17, 15) is 4.79 Å². The number of anilines is 2. The van der Waals surface area contributed by atoms with Crippen LogP contribution >= 0.6 is 0 Å². The van der Waals surface area contributed by atoms with Crippen molar-refractivity contribution < 1.29 is 14.3 Å². The number of nitrogens with one attached hydrogen (secondary N) is 2. The Hall–Kier alpha value is -3.54. The number of nitrogens with zero attached hydrogens (tertiary/aromatic N) is 1. The number of methoxy groups -OCH3 is 1. The normalized spacial score (nSPS) is 10.2. The van der Waals surface area contributed by atoms with E-state index in [0.717, 1.165) is 17.0 Å². The summed E-state index contributed by atoms with van der Waals surface area (Å²) < 4.78 is 10.7. The molecule has 2 aromatic carbocycles. The third-order valence-corrected chi connectivity index (χ3v) is 4.09. The zero-order valence-electron chi connectivity index (χ0n) is 15.9. The van der Waals surface area contributed by atoms with Gasteiger partial charge in [0, 0.05) is 18.9 Å². The summed E-state index contributed by atoms with van der Waals surface area (Å²) in [6.45, 7) is 3.05. The van der Waals surface area contributed by atoms with Gasteiger partial charge in [0.05, 0.1) is 30.7 Å². The third kappa shape index (κ3) is 5.01. The number of amides is 1. The number of para-hydroxylation sites is 2. The Morgan fingerprint density at radius 3 is 2.61 bits per heavy atom. The zero-order chi connectivity index (χ0) is 19.8. The largest absolute Gasteiger partial charge is 0.497 e. The predicted octanol–water partition coefficient (Wildman–Crippen LogP) is 4.35. The van der Waals surface area contributed by atoms with E-state index >= 15 is 0 Å². The summed E-state index contributed by atoms with van der Waals surface area (Å²) in [5.41, 5.74) is 2.96. The SMILES string of the molecule is CCOc1ccccc1NC(=O)c1cncc(NCc2ccc(OC)cc2)c1. The summed E-state index contributed by atoms with van der Waals surface area (Å²) in [5.74, 6) is 1.21. The van der Waals surface area contributed by atoms with Crippen molar-refractivity contribution in [1.29, 1.82) is 0 Å². The van der Waals surface area contributed by atoms with E-state index in [-0.39, 0.29) is 5.91 Å². The van der Waals surface area contributed by atoms with Gasteiger partial charge in [0.1, 0.15) is 11.5 Å². The van der Waals surface area contributed by atoms with E-state index in [1.54, 1.807) is 19.4 Å². The summed E-state index contributed by atoms with van der Waals surface area (Å²) in [5, 5.41) is 6.16. The van der Waals surface area contributed by atoms with Crippen molar-refractivity contribution in [3.63, 3.8) is 0 Å². The minimum absolute atomic E-state index is 0.243. The maximum absolute atomic E-state index is 12.6. The number of rotatable bonds is 8. The lowest BCUT2D eigenvalue weighted by Gasteiger charge is -2.12.